The topological polar surface area (TPSA) is 91.5 Å². The molecule has 0 aliphatic carbocycles. The highest BCUT2D eigenvalue weighted by Crippen LogP contribution is 2.23. The second-order valence-corrected chi connectivity index (χ2v) is 7.10. The molecule has 0 fully saturated rings. The van der Waals surface area contributed by atoms with Crippen LogP contribution in [0.1, 0.15) is 20.8 Å². The average molecular weight is 443 g/mol. The van der Waals surface area contributed by atoms with E-state index in [1.54, 1.807) is 47.4 Å². The van der Waals surface area contributed by atoms with Crippen molar-refractivity contribution in [2.75, 3.05) is 13.1 Å². The fraction of sp³-hybridized carbons (Fsp3) is 0.273. The van der Waals surface area contributed by atoms with Crippen LogP contribution in [-0.4, -0.2) is 40.1 Å². The molecule has 1 atom stereocenters. The van der Waals surface area contributed by atoms with E-state index in [0.717, 1.165) is 0 Å². The minimum absolute atomic E-state index is 0.0440. The van der Waals surface area contributed by atoms with Gasteiger partial charge < -0.3 is 19.6 Å². The molecule has 31 heavy (non-hydrogen) atoms. The zero-order valence-corrected chi connectivity index (χ0v) is 18.2. The molecule has 1 unspecified atom stereocenters. The summed E-state index contributed by atoms with van der Waals surface area (Å²) in [6, 6.07) is 11.5. The number of amides is 1. The Kier molecular flexibility index (Phi) is 7.25. The van der Waals surface area contributed by atoms with E-state index in [1.165, 1.54) is 12.1 Å². The van der Waals surface area contributed by atoms with Crippen molar-refractivity contribution in [1.29, 1.82) is 0 Å². The lowest BCUT2D eigenvalue weighted by Crippen LogP contribution is -2.32. The van der Waals surface area contributed by atoms with Crippen molar-refractivity contribution in [3.8, 4) is 17.5 Å². The summed E-state index contributed by atoms with van der Waals surface area (Å²) in [5, 5.41) is 16.3. The Bertz CT molecular complexity index is 1080. The minimum atomic E-state index is -0.290. The molecule has 0 aliphatic heterocycles. The molecule has 3 aromatic rings. The van der Waals surface area contributed by atoms with Crippen LogP contribution in [0.5, 0.6) is 17.5 Å². The van der Waals surface area contributed by atoms with Gasteiger partial charge in [-0.15, -0.1) is 0 Å². The summed E-state index contributed by atoms with van der Waals surface area (Å²) in [6.45, 7) is 7.05. The van der Waals surface area contributed by atoms with E-state index in [2.05, 4.69) is 10.1 Å². The number of carbonyl (C=O) groups is 1. The number of hydrogen-bond donors (Lipinski definition) is 0. The normalized spacial score (nSPS) is 12.1. The van der Waals surface area contributed by atoms with Gasteiger partial charge in [-0.05, 0) is 68.1 Å². The number of halogens is 1. The SMILES string of the molecule is CCN(CC)C(=O)C=CC(C)Oc1ccc(Oc2nc3ccc(Cl)cc3[n+]([O-])n2)cc1. The van der Waals surface area contributed by atoms with Gasteiger partial charge in [0.2, 0.25) is 5.91 Å². The van der Waals surface area contributed by atoms with Gasteiger partial charge >= 0.3 is 6.01 Å². The van der Waals surface area contributed by atoms with Gasteiger partial charge in [-0.1, -0.05) is 11.6 Å². The van der Waals surface area contributed by atoms with E-state index in [0.29, 0.717) is 40.0 Å². The zero-order valence-electron chi connectivity index (χ0n) is 17.5. The molecule has 0 saturated heterocycles. The Morgan fingerprint density at radius 1 is 1.19 bits per heavy atom. The summed E-state index contributed by atoms with van der Waals surface area (Å²) in [7, 11) is 0. The van der Waals surface area contributed by atoms with Crippen LogP contribution in [0.4, 0.5) is 0 Å². The quantitative estimate of drug-likeness (QED) is 0.298. The second-order valence-electron chi connectivity index (χ2n) is 6.67. The largest absolute Gasteiger partial charge is 0.594 e. The molecule has 162 valence electrons. The first-order chi connectivity index (χ1) is 14.9. The molecule has 8 nitrogen and oxygen atoms in total. The van der Waals surface area contributed by atoms with E-state index < -0.39 is 0 Å². The third-order valence-corrected chi connectivity index (χ3v) is 4.71. The summed E-state index contributed by atoms with van der Waals surface area (Å²) in [6.07, 6.45) is 2.95. The molecule has 2 aromatic carbocycles. The molecule has 0 N–H and O–H groups in total. The molecule has 9 heteroatoms. The maximum Gasteiger partial charge on any atom is 0.386 e. The van der Waals surface area contributed by atoms with E-state index >= 15 is 0 Å². The van der Waals surface area contributed by atoms with Crippen LogP contribution in [0, 0.1) is 5.21 Å². The predicted octanol–water partition coefficient (Wildman–Crippen LogP) is 3.90. The van der Waals surface area contributed by atoms with Crippen molar-refractivity contribution in [2.24, 2.45) is 0 Å². The number of likely N-dealkylation sites (N-methyl/N-ethyl adjacent to an activating group) is 1. The molecule has 0 radical (unpaired) electrons. The van der Waals surface area contributed by atoms with Crippen molar-refractivity contribution in [3.05, 3.63) is 64.8 Å². The van der Waals surface area contributed by atoms with Crippen LogP contribution in [0.3, 0.4) is 0 Å². The first-order valence-corrected chi connectivity index (χ1v) is 10.3. The number of benzene rings is 2. The molecular formula is C22H23ClN4O4. The Morgan fingerprint density at radius 2 is 1.87 bits per heavy atom. The maximum absolute atomic E-state index is 12.1. The van der Waals surface area contributed by atoms with Crippen LogP contribution >= 0.6 is 11.6 Å². The number of rotatable bonds is 8. The maximum atomic E-state index is 12.1. The van der Waals surface area contributed by atoms with Crippen molar-refractivity contribution in [2.45, 2.75) is 26.9 Å². The van der Waals surface area contributed by atoms with Gasteiger partial charge in [0.1, 0.15) is 23.1 Å². The summed E-state index contributed by atoms with van der Waals surface area (Å²) in [4.78, 5) is 18.4. The van der Waals surface area contributed by atoms with Crippen LogP contribution in [0.25, 0.3) is 11.0 Å². The first kappa shape index (κ1) is 22.3. The first-order valence-electron chi connectivity index (χ1n) is 9.88. The zero-order chi connectivity index (χ0) is 22.4. The lowest BCUT2D eigenvalue weighted by molar-refractivity contribution is -0.643. The fourth-order valence-electron chi connectivity index (χ4n) is 2.85. The molecule has 0 saturated carbocycles. The van der Waals surface area contributed by atoms with Gasteiger partial charge in [-0.2, -0.15) is 4.98 Å². The van der Waals surface area contributed by atoms with Crippen LogP contribution in [0.15, 0.2) is 54.6 Å². The fourth-order valence-corrected chi connectivity index (χ4v) is 3.01. The molecule has 0 aliphatic rings. The molecule has 0 spiro atoms. The highest BCUT2D eigenvalue weighted by atomic mass is 35.5. The Labute approximate surface area is 185 Å². The van der Waals surface area contributed by atoms with E-state index in [4.69, 9.17) is 21.1 Å². The van der Waals surface area contributed by atoms with Gasteiger partial charge in [-0.25, -0.2) is 0 Å². The highest BCUT2D eigenvalue weighted by molar-refractivity contribution is 6.31. The van der Waals surface area contributed by atoms with E-state index in [-0.39, 0.29) is 23.5 Å². The number of aromatic nitrogens is 3. The van der Waals surface area contributed by atoms with E-state index in [1.807, 2.05) is 20.8 Å². The number of carbonyl (C=O) groups excluding carboxylic acids is 1. The number of ether oxygens (including phenoxy) is 2. The van der Waals surface area contributed by atoms with E-state index in [9.17, 15) is 10.0 Å². The smallest absolute Gasteiger partial charge is 0.386 e. The Hall–Kier alpha value is -3.39. The molecule has 1 aromatic heterocycles. The van der Waals surface area contributed by atoms with Gasteiger partial charge in [0.15, 0.2) is 0 Å². The van der Waals surface area contributed by atoms with Crippen molar-refractivity contribution in [1.82, 2.24) is 15.0 Å². The minimum Gasteiger partial charge on any atom is -0.594 e. The van der Waals surface area contributed by atoms with Crippen LogP contribution < -0.4 is 14.3 Å². The monoisotopic (exact) mass is 442 g/mol. The van der Waals surface area contributed by atoms with Crippen molar-refractivity contribution in [3.63, 3.8) is 0 Å². The lowest BCUT2D eigenvalue weighted by Gasteiger charge is -2.16. The third-order valence-electron chi connectivity index (χ3n) is 4.48. The lowest BCUT2D eigenvalue weighted by atomic mass is 10.3. The number of fused-ring (bicyclic) bond motifs is 1. The van der Waals surface area contributed by atoms with Crippen molar-refractivity contribution >= 4 is 28.5 Å². The predicted molar refractivity (Wildman–Crippen MR) is 117 cm³/mol. The molecule has 0 bridgehead atoms. The van der Waals surface area contributed by atoms with Gasteiger partial charge in [0, 0.05) is 30.3 Å². The third kappa shape index (κ3) is 5.82. The summed E-state index contributed by atoms with van der Waals surface area (Å²) in [5.74, 6) is 1.01. The van der Waals surface area contributed by atoms with Gasteiger partial charge in [-0.3, -0.25) is 4.79 Å². The van der Waals surface area contributed by atoms with Crippen LogP contribution in [-0.2, 0) is 4.79 Å². The molecule has 3 rings (SSSR count). The number of hydrogen-bond acceptors (Lipinski definition) is 6. The highest BCUT2D eigenvalue weighted by Gasteiger charge is 2.13. The van der Waals surface area contributed by atoms with Crippen molar-refractivity contribution < 1.29 is 19.1 Å². The Balaban J connectivity index is 1.63. The van der Waals surface area contributed by atoms with Crippen LogP contribution in [0.2, 0.25) is 5.02 Å². The molecule has 1 heterocycles. The Morgan fingerprint density at radius 3 is 2.55 bits per heavy atom. The van der Waals surface area contributed by atoms with Gasteiger partial charge in [0.25, 0.3) is 5.52 Å². The van der Waals surface area contributed by atoms with Gasteiger partial charge in [0.05, 0.1) is 5.10 Å². The summed E-state index contributed by atoms with van der Waals surface area (Å²) >= 11 is 5.90. The average Bonchev–Trinajstić information content (AvgIpc) is 2.75. The number of nitrogens with zero attached hydrogens (tertiary/aromatic N) is 4. The molecular weight excluding hydrogens is 420 g/mol. The molecule has 1 amide bonds. The second kappa shape index (κ2) is 10.1. The summed E-state index contributed by atoms with van der Waals surface area (Å²) < 4.78 is 11.4. The summed E-state index contributed by atoms with van der Waals surface area (Å²) in [5.41, 5.74) is 0.675. The standard InChI is InChI=1S/C22H23ClN4O4/c1-4-26(5-2)21(28)13-6-15(3)30-17-8-10-18(11-9-17)31-22-24-19-12-7-16(23)14-20(19)27(29)25-22/h6-15H,4-5H2,1-3H3.